The molecule has 0 unspecified atom stereocenters. The molecule has 0 radical (unpaired) electrons. The van der Waals surface area contributed by atoms with Gasteiger partial charge >= 0.3 is 6.09 Å². The van der Waals surface area contributed by atoms with E-state index in [9.17, 15) is 9.59 Å². The van der Waals surface area contributed by atoms with E-state index in [1.807, 2.05) is 18.3 Å². The van der Waals surface area contributed by atoms with Crippen LogP contribution in [0.2, 0.25) is 0 Å². The Labute approximate surface area is 158 Å². The van der Waals surface area contributed by atoms with E-state index in [1.165, 1.54) is 11.8 Å². The Balaban J connectivity index is 1.51. The summed E-state index contributed by atoms with van der Waals surface area (Å²) in [5.41, 5.74) is 2.70. The van der Waals surface area contributed by atoms with E-state index in [2.05, 4.69) is 10.3 Å². The number of amides is 2. The van der Waals surface area contributed by atoms with Gasteiger partial charge in [-0.3, -0.25) is 9.78 Å². The quantitative estimate of drug-likeness (QED) is 0.842. The number of carbonyl (C=O) groups is 2. The third-order valence-corrected chi connectivity index (χ3v) is 4.65. The lowest BCUT2D eigenvalue weighted by Gasteiger charge is -2.30. The molecule has 3 rings (SSSR count). The number of carboxylic acid groups (broad SMARTS) is 1. The van der Waals surface area contributed by atoms with Gasteiger partial charge in [0.25, 0.3) is 0 Å². The summed E-state index contributed by atoms with van der Waals surface area (Å²) in [6, 6.07) is 11.2. The SMILES string of the molecule is CC(=O)Nc1ccc(OCc2ccc(C3CCN(C(=O)O)CC3)cn2)cc1. The van der Waals surface area contributed by atoms with E-state index in [0.29, 0.717) is 31.4 Å². The van der Waals surface area contributed by atoms with Crippen LogP contribution in [0.5, 0.6) is 5.75 Å². The van der Waals surface area contributed by atoms with Crippen LogP contribution in [0.25, 0.3) is 0 Å². The number of nitrogens with zero attached hydrogens (tertiary/aromatic N) is 2. The highest BCUT2D eigenvalue weighted by Crippen LogP contribution is 2.27. The molecule has 1 aliphatic rings. The second-order valence-corrected chi connectivity index (χ2v) is 6.62. The summed E-state index contributed by atoms with van der Waals surface area (Å²) < 4.78 is 5.73. The molecule has 7 heteroatoms. The van der Waals surface area contributed by atoms with Gasteiger partial charge in [0.15, 0.2) is 0 Å². The molecule has 0 spiro atoms. The minimum absolute atomic E-state index is 0.110. The zero-order valence-electron chi connectivity index (χ0n) is 15.2. The van der Waals surface area contributed by atoms with E-state index < -0.39 is 6.09 Å². The van der Waals surface area contributed by atoms with E-state index in [0.717, 1.165) is 29.8 Å². The molecule has 2 heterocycles. The summed E-state index contributed by atoms with van der Waals surface area (Å²) in [4.78, 5) is 27.9. The molecule has 2 aromatic rings. The van der Waals surface area contributed by atoms with Crippen LogP contribution in [0.3, 0.4) is 0 Å². The average Bonchev–Trinajstić information content (AvgIpc) is 2.67. The van der Waals surface area contributed by atoms with Gasteiger partial charge < -0.3 is 20.1 Å². The Morgan fingerprint density at radius 2 is 1.89 bits per heavy atom. The number of carbonyl (C=O) groups excluding carboxylic acids is 1. The monoisotopic (exact) mass is 369 g/mol. The first-order valence-electron chi connectivity index (χ1n) is 8.94. The number of likely N-dealkylation sites (tertiary alicyclic amines) is 1. The number of hydrogen-bond donors (Lipinski definition) is 2. The molecule has 1 aromatic heterocycles. The first kappa shape index (κ1) is 18.7. The second kappa shape index (κ2) is 8.53. The van der Waals surface area contributed by atoms with E-state index >= 15 is 0 Å². The van der Waals surface area contributed by atoms with Gasteiger partial charge in [-0.25, -0.2) is 4.79 Å². The summed E-state index contributed by atoms with van der Waals surface area (Å²) in [6.07, 6.45) is 2.67. The number of nitrogens with one attached hydrogen (secondary N) is 1. The fraction of sp³-hybridized carbons (Fsp3) is 0.350. The number of rotatable bonds is 5. The lowest BCUT2D eigenvalue weighted by Crippen LogP contribution is -2.36. The van der Waals surface area contributed by atoms with Crippen molar-refractivity contribution in [2.45, 2.75) is 32.3 Å². The van der Waals surface area contributed by atoms with Crippen LogP contribution in [0.4, 0.5) is 10.5 Å². The molecule has 1 aromatic carbocycles. The van der Waals surface area contributed by atoms with Gasteiger partial charge in [-0.2, -0.15) is 0 Å². The van der Waals surface area contributed by atoms with E-state index in [4.69, 9.17) is 9.84 Å². The van der Waals surface area contributed by atoms with Gasteiger partial charge in [-0.1, -0.05) is 6.07 Å². The fourth-order valence-electron chi connectivity index (χ4n) is 3.16. The minimum Gasteiger partial charge on any atom is -0.487 e. The molecule has 2 amide bonds. The first-order chi connectivity index (χ1) is 13.0. The van der Waals surface area contributed by atoms with Crippen molar-refractivity contribution in [3.8, 4) is 5.75 Å². The standard InChI is InChI=1S/C20H23N3O4/c1-14(24)22-17-4-6-19(7-5-17)27-13-18-3-2-16(12-21-18)15-8-10-23(11-9-15)20(25)26/h2-7,12,15H,8-11,13H2,1H3,(H,22,24)(H,25,26). The van der Waals surface area contributed by atoms with Crippen LogP contribution in [-0.4, -0.2) is 40.1 Å². The van der Waals surface area contributed by atoms with Crippen molar-refractivity contribution in [1.82, 2.24) is 9.88 Å². The first-order valence-corrected chi connectivity index (χ1v) is 8.94. The largest absolute Gasteiger partial charge is 0.487 e. The van der Waals surface area contributed by atoms with E-state index in [-0.39, 0.29) is 5.91 Å². The number of anilines is 1. The van der Waals surface area contributed by atoms with Crippen molar-refractivity contribution in [2.24, 2.45) is 0 Å². The molecule has 0 bridgehead atoms. The van der Waals surface area contributed by atoms with Crippen LogP contribution < -0.4 is 10.1 Å². The maximum atomic E-state index is 11.0. The zero-order chi connectivity index (χ0) is 19.2. The Kier molecular flexibility index (Phi) is 5.90. The summed E-state index contributed by atoms with van der Waals surface area (Å²) in [5, 5.41) is 11.7. The van der Waals surface area contributed by atoms with Crippen LogP contribution in [0.1, 0.15) is 36.9 Å². The number of pyridine rings is 1. The maximum absolute atomic E-state index is 11.0. The highest BCUT2D eigenvalue weighted by Gasteiger charge is 2.23. The fourth-order valence-corrected chi connectivity index (χ4v) is 3.16. The summed E-state index contributed by atoms with van der Waals surface area (Å²) in [6.45, 7) is 2.96. The lowest BCUT2D eigenvalue weighted by molar-refractivity contribution is -0.114. The Hall–Kier alpha value is -3.09. The molecule has 1 aliphatic heterocycles. The number of hydrogen-bond acceptors (Lipinski definition) is 4. The molecule has 1 saturated heterocycles. The molecule has 142 valence electrons. The summed E-state index contributed by atoms with van der Waals surface area (Å²) in [7, 11) is 0. The Bertz CT molecular complexity index is 782. The summed E-state index contributed by atoms with van der Waals surface area (Å²) >= 11 is 0. The zero-order valence-corrected chi connectivity index (χ0v) is 15.2. The average molecular weight is 369 g/mol. The topological polar surface area (TPSA) is 91.8 Å². The number of ether oxygens (including phenoxy) is 1. The van der Waals surface area contributed by atoms with Crippen LogP contribution in [0.15, 0.2) is 42.6 Å². The molecule has 2 N–H and O–H groups in total. The molecule has 0 aliphatic carbocycles. The van der Waals surface area contributed by atoms with Gasteiger partial charge in [0.1, 0.15) is 12.4 Å². The van der Waals surface area contributed by atoms with Crippen LogP contribution in [-0.2, 0) is 11.4 Å². The maximum Gasteiger partial charge on any atom is 0.407 e. The van der Waals surface area contributed by atoms with Gasteiger partial charge in [0, 0.05) is 31.9 Å². The molecule has 0 atom stereocenters. The van der Waals surface area contributed by atoms with Gasteiger partial charge in [-0.05, 0) is 54.7 Å². The highest BCUT2D eigenvalue weighted by atomic mass is 16.5. The highest BCUT2D eigenvalue weighted by molar-refractivity contribution is 5.88. The molecular weight excluding hydrogens is 346 g/mol. The predicted molar refractivity (Wildman–Crippen MR) is 101 cm³/mol. The van der Waals surface area contributed by atoms with Gasteiger partial charge in [-0.15, -0.1) is 0 Å². The van der Waals surface area contributed by atoms with Crippen molar-refractivity contribution in [3.05, 3.63) is 53.9 Å². The molecular formula is C20H23N3O4. The number of benzene rings is 1. The smallest absolute Gasteiger partial charge is 0.407 e. The third kappa shape index (κ3) is 5.20. The normalized spacial score (nSPS) is 14.6. The molecule has 7 nitrogen and oxygen atoms in total. The Morgan fingerprint density at radius 1 is 1.19 bits per heavy atom. The van der Waals surface area contributed by atoms with Crippen molar-refractivity contribution in [3.63, 3.8) is 0 Å². The van der Waals surface area contributed by atoms with Crippen molar-refractivity contribution >= 4 is 17.7 Å². The number of aromatic nitrogens is 1. The summed E-state index contributed by atoms with van der Waals surface area (Å²) in [5.74, 6) is 0.946. The minimum atomic E-state index is -0.843. The number of piperidine rings is 1. The van der Waals surface area contributed by atoms with Crippen LogP contribution in [0, 0.1) is 0 Å². The van der Waals surface area contributed by atoms with Crippen LogP contribution >= 0.6 is 0 Å². The van der Waals surface area contributed by atoms with Gasteiger partial charge in [0.05, 0.1) is 5.69 Å². The van der Waals surface area contributed by atoms with E-state index in [1.54, 1.807) is 24.3 Å². The predicted octanol–water partition coefficient (Wildman–Crippen LogP) is 3.48. The molecule has 1 fully saturated rings. The second-order valence-electron chi connectivity index (χ2n) is 6.62. The third-order valence-electron chi connectivity index (χ3n) is 4.65. The van der Waals surface area contributed by atoms with Gasteiger partial charge in [0.2, 0.25) is 5.91 Å². The van der Waals surface area contributed by atoms with Crippen molar-refractivity contribution in [2.75, 3.05) is 18.4 Å². The Morgan fingerprint density at radius 3 is 2.44 bits per heavy atom. The lowest BCUT2D eigenvalue weighted by atomic mass is 9.90. The van der Waals surface area contributed by atoms with Crippen molar-refractivity contribution in [1.29, 1.82) is 0 Å². The molecule has 27 heavy (non-hydrogen) atoms. The van der Waals surface area contributed by atoms with Crippen molar-refractivity contribution < 1.29 is 19.4 Å². The molecule has 0 saturated carbocycles.